The van der Waals surface area contributed by atoms with Crippen LogP contribution in [0.3, 0.4) is 0 Å². The Labute approximate surface area is 159 Å². The molecule has 4 fully saturated rings. The Bertz CT molecular complexity index is 768. The molecule has 0 spiro atoms. The Hall–Kier alpha value is -2.05. The lowest BCUT2D eigenvalue weighted by molar-refractivity contribution is -0.174. The van der Waals surface area contributed by atoms with Gasteiger partial charge in [0.1, 0.15) is 6.54 Å². The Kier molecular flexibility index (Phi) is 3.88. The molecule has 2 amide bonds. The number of carbonyl (C=O) groups is 2. The van der Waals surface area contributed by atoms with E-state index in [2.05, 4.69) is 40.5 Å². The smallest absolute Gasteiger partial charge is 0.405 e. The number of nitrogens with one attached hydrogen (secondary N) is 2. The Morgan fingerprint density at radius 1 is 1.15 bits per heavy atom. The summed E-state index contributed by atoms with van der Waals surface area (Å²) in [6, 6.07) is 2.04. The van der Waals surface area contributed by atoms with Crippen molar-refractivity contribution in [1.29, 1.82) is 0 Å². The summed E-state index contributed by atoms with van der Waals surface area (Å²) in [7, 11) is 0. The Morgan fingerprint density at radius 3 is 2.37 bits per heavy atom. The molecule has 5 rings (SSSR count). The highest BCUT2D eigenvalue weighted by atomic mass is 16.4. The van der Waals surface area contributed by atoms with Crippen molar-refractivity contribution in [3.63, 3.8) is 0 Å². The first kappa shape index (κ1) is 18.3. The van der Waals surface area contributed by atoms with Crippen molar-refractivity contribution in [2.45, 2.75) is 71.4 Å². The Morgan fingerprint density at radius 2 is 1.81 bits per heavy atom. The maximum absolute atomic E-state index is 12.5. The van der Waals surface area contributed by atoms with Gasteiger partial charge < -0.3 is 15.7 Å². The summed E-state index contributed by atoms with van der Waals surface area (Å²) in [4.78, 5) is 23.2. The molecule has 7 heteroatoms. The average molecular weight is 374 g/mol. The molecule has 1 aromatic rings. The van der Waals surface area contributed by atoms with E-state index in [9.17, 15) is 9.59 Å². The molecular weight excluding hydrogens is 344 g/mol. The van der Waals surface area contributed by atoms with E-state index in [0.717, 1.165) is 31.5 Å². The minimum atomic E-state index is -1.17. The van der Waals surface area contributed by atoms with Crippen LogP contribution < -0.4 is 10.6 Å². The number of rotatable bonds is 5. The van der Waals surface area contributed by atoms with Gasteiger partial charge in [0.15, 0.2) is 0 Å². The predicted octanol–water partition coefficient (Wildman–Crippen LogP) is 2.69. The molecule has 7 nitrogen and oxygen atoms in total. The van der Waals surface area contributed by atoms with Crippen LogP contribution in [0.5, 0.6) is 0 Å². The summed E-state index contributed by atoms with van der Waals surface area (Å²) in [5.41, 5.74) is 1.33. The SMILES string of the molecule is Cc1ccn(CC23CC4(C)CC(C)(C2)CC(NC(=O)CNC(=O)O)(C4)C3)n1. The molecule has 0 saturated heterocycles. The maximum Gasteiger partial charge on any atom is 0.405 e. The molecule has 2 unspecified atom stereocenters. The fraction of sp³-hybridized carbons (Fsp3) is 0.750. The fourth-order valence-electron chi connectivity index (χ4n) is 7.63. The van der Waals surface area contributed by atoms with Gasteiger partial charge in [-0.3, -0.25) is 9.48 Å². The molecule has 0 radical (unpaired) electrons. The number of aromatic nitrogens is 2. The number of nitrogens with zero attached hydrogens (tertiary/aromatic N) is 2. The summed E-state index contributed by atoms with van der Waals surface area (Å²) < 4.78 is 2.07. The van der Waals surface area contributed by atoms with E-state index in [1.54, 1.807) is 0 Å². The fourth-order valence-corrected chi connectivity index (χ4v) is 7.63. The van der Waals surface area contributed by atoms with E-state index in [-0.39, 0.29) is 34.2 Å². The standard InChI is InChI=1S/C20H30N4O3/c1-14-4-5-24(23-14)13-19-8-17(2)7-18(3,9-19)11-20(10-17,12-19)22-15(25)6-21-16(26)27/h4-5,21H,6-13H2,1-3H3,(H,22,25)(H,26,27). The van der Waals surface area contributed by atoms with Crippen molar-refractivity contribution in [2.24, 2.45) is 16.2 Å². The third-order valence-corrected chi connectivity index (χ3v) is 6.78. The minimum absolute atomic E-state index is 0.129. The van der Waals surface area contributed by atoms with Crippen molar-refractivity contribution in [3.8, 4) is 0 Å². The van der Waals surface area contributed by atoms with Crippen LogP contribution in [0.1, 0.15) is 58.1 Å². The highest BCUT2D eigenvalue weighted by molar-refractivity contribution is 5.82. The molecule has 27 heavy (non-hydrogen) atoms. The van der Waals surface area contributed by atoms with Gasteiger partial charge in [-0.15, -0.1) is 0 Å². The van der Waals surface area contributed by atoms with Crippen molar-refractivity contribution < 1.29 is 14.7 Å². The van der Waals surface area contributed by atoms with Crippen LogP contribution in [-0.4, -0.2) is 39.0 Å². The molecule has 4 saturated carbocycles. The minimum Gasteiger partial charge on any atom is -0.465 e. The normalized spacial score (nSPS) is 39.4. The highest BCUT2D eigenvalue weighted by Crippen LogP contribution is 2.71. The maximum atomic E-state index is 12.5. The van der Waals surface area contributed by atoms with Gasteiger partial charge in [0.25, 0.3) is 0 Å². The van der Waals surface area contributed by atoms with Crippen molar-refractivity contribution >= 4 is 12.0 Å². The second kappa shape index (κ2) is 5.72. The number of aryl methyl sites for hydroxylation is 1. The molecule has 4 bridgehead atoms. The van der Waals surface area contributed by atoms with Crippen molar-refractivity contribution in [3.05, 3.63) is 18.0 Å². The first-order valence-electron chi connectivity index (χ1n) is 9.81. The van der Waals surface area contributed by atoms with Crippen LogP contribution in [0.25, 0.3) is 0 Å². The molecular formula is C20H30N4O3. The molecule has 3 N–H and O–H groups in total. The topological polar surface area (TPSA) is 96.2 Å². The molecule has 2 atom stereocenters. The third-order valence-electron chi connectivity index (χ3n) is 6.78. The first-order valence-corrected chi connectivity index (χ1v) is 9.81. The van der Waals surface area contributed by atoms with Gasteiger partial charge in [-0.25, -0.2) is 4.79 Å². The lowest BCUT2D eigenvalue weighted by Gasteiger charge is -2.69. The van der Waals surface area contributed by atoms with Crippen LogP contribution in [-0.2, 0) is 11.3 Å². The van der Waals surface area contributed by atoms with E-state index in [1.165, 1.54) is 19.3 Å². The number of carbonyl (C=O) groups excluding carboxylic acids is 1. The number of hydrogen-bond acceptors (Lipinski definition) is 3. The zero-order valence-corrected chi connectivity index (χ0v) is 16.5. The summed E-state index contributed by atoms with van der Waals surface area (Å²) in [5, 5.41) is 18.8. The largest absolute Gasteiger partial charge is 0.465 e. The van der Waals surface area contributed by atoms with Gasteiger partial charge in [0, 0.05) is 18.3 Å². The third kappa shape index (κ3) is 3.44. The molecule has 0 aliphatic heterocycles. The van der Waals surface area contributed by atoms with Gasteiger partial charge in [0.2, 0.25) is 5.91 Å². The van der Waals surface area contributed by atoms with Crippen LogP contribution in [0.15, 0.2) is 12.3 Å². The number of hydrogen-bond donors (Lipinski definition) is 3. The summed E-state index contributed by atoms with van der Waals surface area (Å²) in [5.74, 6) is -0.225. The van der Waals surface area contributed by atoms with Gasteiger partial charge in [0.05, 0.1) is 5.69 Å². The monoisotopic (exact) mass is 374 g/mol. The van der Waals surface area contributed by atoms with Crippen molar-refractivity contribution in [1.82, 2.24) is 20.4 Å². The molecule has 1 aromatic heterocycles. The first-order chi connectivity index (χ1) is 12.5. The van der Waals surface area contributed by atoms with Crippen LogP contribution >= 0.6 is 0 Å². The van der Waals surface area contributed by atoms with Crippen LogP contribution in [0.4, 0.5) is 4.79 Å². The summed E-state index contributed by atoms with van der Waals surface area (Å²) >= 11 is 0. The highest BCUT2D eigenvalue weighted by Gasteiger charge is 2.65. The summed E-state index contributed by atoms with van der Waals surface area (Å²) in [6.45, 7) is 7.44. The second-order valence-electron chi connectivity index (χ2n) is 10.3. The molecule has 0 aromatic carbocycles. The lowest BCUT2D eigenvalue weighted by Crippen LogP contribution is -2.69. The van der Waals surface area contributed by atoms with Gasteiger partial charge >= 0.3 is 6.09 Å². The van der Waals surface area contributed by atoms with Gasteiger partial charge in [-0.05, 0) is 67.8 Å². The van der Waals surface area contributed by atoms with E-state index >= 15 is 0 Å². The number of amides is 2. The van der Waals surface area contributed by atoms with Gasteiger partial charge in [-0.1, -0.05) is 13.8 Å². The Balaban J connectivity index is 1.60. The molecule has 4 aliphatic carbocycles. The van der Waals surface area contributed by atoms with Crippen LogP contribution in [0, 0.1) is 23.2 Å². The predicted molar refractivity (Wildman–Crippen MR) is 100 cm³/mol. The summed E-state index contributed by atoms with van der Waals surface area (Å²) in [6.07, 6.45) is 7.33. The average Bonchev–Trinajstić information content (AvgIpc) is 2.85. The molecule has 1 heterocycles. The van der Waals surface area contributed by atoms with E-state index in [1.807, 2.05) is 13.0 Å². The van der Waals surface area contributed by atoms with Crippen LogP contribution in [0.2, 0.25) is 0 Å². The van der Waals surface area contributed by atoms with Crippen molar-refractivity contribution in [2.75, 3.05) is 6.54 Å². The number of carboxylic acid groups (broad SMARTS) is 1. The van der Waals surface area contributed by atoms with E-state index in [0.29, 0.717) is 0 Å². The lowest BCUT2D eigenvalue weighted by atomic mass is 9.38. The quantitative estimate of drug-likeness (QED) is 0.738. The zero-order chi connectivity index (χ0) is 19.5. The van der Waals surface area contributed by atoms with E-state index < -0.39 is 6.09 Å². The zero-order valence-electron chi connectivity index (χ0n) is 16.5. The van der Waals surface area contributed by atoms with Gasteiger partial charge in [-0.2, -0.15) is 5.10 Å². The molecule has 4 aliphatic rings. The molecule has 148 valence electrons. The second-order valence-corrected chi connectivity index (χ2v) is 10.3. The van der Waals surface area contributed by atoms with E-state index in [4.69, 9.17) is 5.11 Å².